The van der Waals surface area contributed by atoms with E-state index in [1.54, 1.807) is 0 Å². The molecule has 0 saturated carbocycles. The summed E-state index contributed by atoms with van der Waals surface area (Å²) in [5.74, 6) is 1.39. The van der Waals surface area contributed by atoms with Crippen molar-refractivity contribution >= 4 is 27.3 Å². The molecule has 0 fully saturated rings. The van der Waals surface area contributed by atoms with Crippen LogP contribution < -0.4 is 19.7 Å². The smallest absolute Gasteiger partial charge is 0.265 e. The molecule has 2 aromatic carbocycles. The van der Waals surface area contributed by atoms with Gasteiger partial charge in [0.2, 0.25) is 0 Å². The van der Waals surface area contributed by atoms with Crippen LogP contribution in [0, 0.1) is 0 Å². The van der Waals surface area contributed by atoms with Gasteiger partial charge in [-0.2, -0.15) is 8.42 Å². The zero-order valence-corrected chi connectivity index (χ0v) is 31.4. The van der Waals surface area contributed by atoms with Crippen molar-refractivity contribution in [3.63, 3.8) is 0 Å². The number of Topliss-reactive ketones (excluding diaryl/α,β-unsaturated/α-hetero) is 1. The van der Waals surface area contributed by atoms with Gasteiger partial charge in [-0.25, -0.2) is 0 Å². The van der Waals surface area contributed by atoms with Crippen LogP contribution in [0.4, 0.5) is 11.4 Å². The first-order chi connectivity index (χ1) is 23.6. The molecule has 0 amide bonds. The molecule has 3 atom stereocenters. The first-order valence-corrected chi connectivity index (χ1v) is 20.6. The average Bonchev–Trinajstić information content (AvgIpc) is 3.07. The third-order valence-corrected chi connectivity index (χ3v) is 11.2. The molecule has 274 valence electrons. The van der Waals surface area contributed by atoms with Gasteiger partial charge in [0.05, 0.1) is 57.2 Å². The minimum Gasteiger partial charge on any atom is -0.493 e. The van der Waals surface area contributed by atoms with Gasteiger partial charge in [0.1, 0.15) is 17.6 Å². The molecule has 1 aliphatic heterocycles. The highest BCUT2D eigenvalue weighted by Gasteiger charge is 2.39. The van der Waals surface area contributed by atoms with Crippen LogP contribution in [0.3, 0.4) is 0 Å². The van der Waals surface area contributed by atoms with Crippen molar-refractivity contribution in [2.24, 2.45) is 0 Å². The molecule has 3 unspecified atom stereocenters. The van der Waals surface area contributed by atoms with Gasteiger partial charge in [-0.05, 0) is 62.6 Å². The summed E-state index contributed by atoms with van der Waals surface area (Å²) in [7, 11) is -1.78. The van der Waals surface area contributed by atoms with Gasteiger partial charge in [-0.15, -0.1) is 0 Å². The lowest BCUT2D eigenvalue weighted by molar-refractivity contribution is -0.910. The van der Waals surface area contributed by atoms with E-state index in [0.717, 1.165) is 71.9 Å². The lowest BCUT2D eigenvalue weighted by Crippen LogP contribution is -2.47. The largest absolute Gasteiger partial charge is 0.493 e. The number of quaternary nitrogens is 1. The van der Waals surface area contributed by atoms with Crippen molar-refractivity contribution < 1.29 is 31.7 Å². The van der Waals surface area contributed by atoms with Crippen LogP contribution in [0.25, 0.3) is 0 Å². The molecule has 2 aromatic rings. The second-order valence-electron chi connectivity index (χ2n) is 14.3. The third-order valence-electron chi connectivity index (χ3n) is 10.4. The van der Waals surface area contributed by atoms with E-state index in [-0.39, 0.29) is 23.7 Å². The fourth-order valence-corrected chi connectivity index (χ4v) is 7.95. The molecule has 49 heavy (non-hydrogen) atoms. The van der Waals surface area contributed by atoms with Crippen LogP contribution in [0.5, 0.6) is 11.5 Å². The molecule has 2 aliphatic rings. The van der Waals surface area contributed by atoms with Gasteiger partial charge >= 0.3 is 0 Å². The van der Waals surface area contributed by atoms with E-state index in [2.05, 4.69) is 56.2 Å². The predicted octanol–water partition coefficient (Wildman–Crippen LogP) is 8.45. The molecule has 0 aromatic heterocycles. The number of rotatable bonds is 23. The second kappa shape index (κ2) is 19.0. The first-order valence-electron chi connectivity index (χ1n) is 19.0. The maximum absolute atomic E-state index is 13.1. The molecule has 2 N–H and O–H groups in total. The third kappa shape index (κ3) is 11.9. The Kier molecular flexibility index (Phi) is 15.1. The quantitative estimate of drug-likeness (QED) is 0.0676. The fourth-order valence-electron chi connectivity index (χ4n) is 7.46. The molecule has 0 saturated heterocycles. The number of hydrogen-bond acceptors (Lipinski definition) is 7. The van der Waals surface area contributed by atoms with Crippen molar-refractivity contribution in [3.8, 4) is 11.5 Å². The van der Waals surface area contributed by atoms with Crippen LogP contribution in [-0.2, 0) is 10.1 Å². The van der Waals surface area contributed by atoms with Gasteiger partial charge in [0.15, 0.2) is 5.78 Å². The molecule has 10 heteroatoms. The normalized spacial score (nSPS) is 18.0. The standard InChI is InChI=1S/C39H61N3O6S/c1-5-8-9-10-11-12-13-14-15-16-23-42(4,25-18-27-49(44,45)46)24-17-26-47-32-20-21-33-34(29-32)39-38(30-36(33)43)48-37-28-31(41(6-2)7-3)19-22-35(37)40-39/h19-22,28-29,38-40H,5-18,23-27,30H2,1-4H3/p+1. The summed E-state index contributed by atoms with van der Waals surface area (Å²) in [6, 6.07) is 11.8. The number of hydrogen-bond donors (Lipinski definition) is 2. The van der Waals surface area contributed by atoms with E-state index in [9.17, 15) is 17.8 Å². The Hall–Kier alpha value is -2.82. The van der Waals surface area contributed by atoms with Crippen molar-refractivity contribution in [3.05, 3.63) is 47.5 Å². The van der Waals surface area contributed by atoms with Crippen molar-refractivity contribution in [2.75, 3.05) is 62.3 Å². The molecule has 0 spiro atoms. The lowest BCUT2D eigenvalue weighted by atomic mass is 9.83. The highest BCUT2D eigenvalue weighted by atomic mass is 32.2. The number of carbonyl (C=O) groups is 1. The highest BCUT2D eigenvalue weighted by Crippen LogP contribution is 2.44. The summed E-state index contributed by atoms with van der Waals surface area (Å²) < 4.78 is 45.6. The molecule has 4 rings (SSSR count). The van der Waals surface area contributed by atoms with Crippen LogP contribution in [0.1, 0.15) is 126 Å². The number of fused-ring (bicyclic) bond motifs is 4. The number of nitrogens with one attached hydrogen (secondary N) is 1. The summed E-state index contributed by atoms with van der Waals surface area (Å²) in [5.41, 5.74) is 3.66. The minimum absolute atomic E-state index is 0.0814. The zero-order valence-electron chi connectivity index (χ0n) is 30.6. The summed E-state index contributed by atoms with van der Waals surface area (Å²) >= 11 is 0. The summed E-state index contributed by atoms with van der Waals surface area (Å²) in [4.78, 5) is 15.4. The SMILES string of the molecule is CCCCCCCCCCCC[N+](C)(CCCOc1ccc2c(c1)C1Nc3ccc(N(CC)CC)cc3OC1CC2=O)CCCS(=O)(=O)O. The summed E-state index contributed by atoms with van der Waals surface area (Å²) in [6.07, 6.45) is 14.1. The Morgan fingerprint density at radius 1 is 0.878 bits per heavy atom. The van der Waals surface area contributed by atoms with E-state index in [1.807, 2.05) is 18.2 Å². The Morgan fingerprint density at radius 2 is 1.53 bits per heavy atom. The Labute approximate surface area is 296 Å². The van der Waals surface area contributed by atoms with E-state index in [4.69, 9.17) is 9.47 Å². The monoisotopic (exact) mass is 700 g/mol. The molecular formula is C39H62N3O6S+. The summed E-state index contributed by atoms with van der Waals surface area (Å²) in [6.45, 7) is 11.4. The number of unbranched alkanes of at least 4 members (excludes halogenated alkanes) is 9. The maximum atomic E-state index is 13.1. The van der Waals surface area contributed by atoms with Gasteiger partial charge in [0, 0.05) is 43.2 Å². The Morgan fingerprint density at radius 3 is 2.20 bits per heavy atom. The predicted molar refractivity (Wildman–Crippen MR) is 200 cm³/mol. The Balaban J connectivity index is 1.31. The molecular weight excluding hydrogens is 639 g/mol. The van der Waals surface area contributed by atoms with Crippen LogP contribution in [0.2, 0.25) is 0 Å². The second-order valence-corrected chi connectivity index (χ2v) is 15.9. The van der Waals surface area contributed by atoms with Crippen molar-refractivity contribution in [2.45, 2.75) is 116 Å². The lowest BCUT2D eigenvalue weighted by Gasteiger charge is -2.39. The van der Waals surface area contributed by atoms with Gasteiger partial charge in [-0.1, -0.05) is 58.3 Å². The maximum Gasteiger partial charge on any atom is 0.265 e. The van der Waals surface area contributed by atoms with Gasteiger partial charge in [-0.3, -0.25) is 9.35 Å². The van der Waals surface area contributed by atoms with Crippen molar-refractivity contribution in [1.29, 1.82) is 0 Å². The van der Waals surface area contributed by atoms with Crippen LogP contribution in [-0.4, -0.2) is 81.5 Å². The average molecular weight is 701 g/mol. The number of benzene rings is 2. The Bertz CT molecular complexity index is 1450. The summed E-state index contributed by atoms with van der Waals surface area (Å²) in [5, 5.41) is 3.65. The van der Waals surface area contributed by atoms with Crippen molar-refractivity contribution in [1.82, 2.24) is 0 Å². The molecule has 0 bridgehead atoms. The number of nitrogens with zero attached hydrogens (tertiary/aromatic N) is 2. The number of carbonyl (C=O) groups excluding carboxylic acids is 1. The zero-order chi connectivity index (χ0) is 35.3. The van der Waals surface area contributed by atoms with E-state index < -0.39 is 10.1 Å². The highest BCUT2D eigenvalue weighted by molar-refractivity contribution is 7.85. The minimum atomic E-state index is -3.97. The van der Waals surface area contributed by atoms with E-state index >= 15 is 0 Å². The topological polar surface area (TPSA) is 105 Å². The molecule has 9 nitrogen and oxygen atoms in total. The molecule has 0 radical (unpaired) electrons. The van der Waals surface area contributed by atoms with Crippen LogP contribution >= 0.6 is 0 Å². The van der Waals surface area contributed by atoms with Crippen LogP contribution in [0.15, 0.2) is 36.4 Å². The fraction of sp³-hybridized carbons (Fsp3) is 0.667. The van der Waals surface area contributed by atoms with E-state index in [0.29, 0.717) is 31.6 Å². The molecule has 1 aliphatic carbocycles. The first kappa shape index (κ1) is 39.0. The van der Waals surface area contributed by atoms with E-state index in [1.165, 1.54) is 57.8 Å². The number of anilines is 2. The number of ketones is 1. The molecule has 1 heterocycles. The van der Waals surface area contributed by atoms with Gasteiger partial charge < -0.3 is 24.2 Å². The number of ether oxygens (including phenoxy) is 2. The van der Waals surface area contributed by atoms with Gasteiger partial charge in [0.25, 0.3) is 10.1 Å².